The van der Waals surface area contributed by atoms with Crippen LogP contribution in [0.3, 0.4) is 0 Å². The summed E-state index contributed by atoms with van der Waals surface area (Å²) in [6.45, 7) is 9.76. The van der Waals surface area contributed by atoms with Gasteiger partial charge in [-0.1, -0.05) is 24.6 Å². The first-order valence-corrected chi connectivity index (χ1v) is 8.35. The summed E-state index contributed by atoms with van der Waals surface area (Å²) in [6, 6.07) is 6.86. The number of nitrogens with one attached hydrogen (secondary N) is 1. The van der Waals surface area contributed by atoms with Crippen molar-refractivity contribution in [3.05, 3.63) is 56.9 Å². The molecule has 3 heteroatoms. The van der Waals surface area contributed by atoms with Gasteiger partial charge < -0.3 is 9.73 Å². The van der Waals surface area contributed by atoms with Crippen LogP contribution in [0.15, 0.2) is 33.5 Å². The Morgan fingerprint density at radius 3 is 2.38 bits per heavy atom. The molecule has 2 rings (SSSR count). The van der Waals surface area contributed by atoms with Crippen LogP contribution in [0, 0.1) is 20.8 Å². The van der Waals surface area contributed by atoms with E-state index < -0.39 is 0 Å². The molecule has 1 aromatic heterocycles. The van der Waals surface area contributed by atoms with Crippen LogP contribution in [-0.4, -0.2) is 6.54 Å². The van der Waals surface area contributed by atoms with E-state index in [9.17, 15) is 0 Å². The second-order valence-corrected chi connectivity index (χ2v) is 6.46. The zero-order valence-electron chi connectivity index (χ0n) is 13.3. The number of furan rings is 1. The van der Waals surface area contributed by atoms with E-state index in [1.54, 1.807) is 6.26 Å². The number of hydrogen-bond acceptors (Lipinski definition) is 2. The molecule has 0 saturated carbocycles. The minimum absolute atomic E-state index is 0.276. The average molecular weight is 350 g/mol. The molecular formula is C18H24BrNO. The van der Waals surface area contributed by atoms with Crippen LogP contribution in [0.5, 0.6) is 0 Å². The van der Waals surface area contributed by atoms with Crippen molar-refractivity contribution in [1.29, 1.82) is 0 Å². The molecule has 1 aromatic carbocycles. The molecule has 1 heterocycles. The van der Waals surface area contributed by atoms with Gasteiger partial charge in [-0.25, -0.2) is 0 Å². The first-order valence-electron chi connectivity index (χ1n) is 7.56. The Kier molecular flexibility index (Phi) is 5.65. The number of aryl methyl sites for hydroxylation is 3. The quantitative estimate of drug-likeness (QED) is 0.770. The molecule has 0 radical (unpaired) electrons. The van der Waals surface area contributed by atoms with Gasteiger partial charge in [0.05, 0.1) is 6.26 Å². The number of hydrogen-bond donors (Lipinski definition) is 1. The van der Waals surface area contributed by atoms with Gasteiger partial charge >= 0.3 is 0 Å². The molecule has 0 bridgehead atoms. The third-order valence-corrected chi connectivity index (χ3v) is 4.56. The third kappa shape index (κ3) is 3.98. The third-order valence-electron chi connectivity index (χ3n) is 3.91. The molecule has 0 saturated heterocycles. The van der Waals surface area contributed by atoms with E-state index in [1.807, 2.05) is 0 Å². The summed E-state index contributed by atoms with van der Waals surface area (Å²) in [5.74, 6) is 0. The highest BCUT2D eigenvalue weighted by molar-refractivity contribution is 9.10. The monoisotopic (exact) mass is 349 g/mol. The van der Waals surface area contributed by atoms with Crippen molar-refractivity contribution in [2.24, 2.45) is 0 Å². The summed E-state index contributed by atoms with van der Waals surface area (Å²) >= 11 is 3.51. The first kappa shape index (κ1) is 16.3. The Balaban J connectivity index is 2.29. The van der Waals surface area contributed by atoms with Crippen molar-refractivity contribution in [2.45, 2.75) is 46.6 Å². The smallest absolute Gasteiger partial charge is 0.173 e. The van der Waals surface area contributed by atoms with Crippen LogP contribution in [0.4, 0.5) is 0 Å². The molecule has 0 aliphatic rings. The molecule has 114 valence electrons. The molecule has 2 nitrogen and oxygen atoms in total. The maximum atomic E-state index is 5.42. The minimum atomic E-state index is 0.276. The molecule has 2 aromatic rings. The standard InChI is InChI=1S/C18H24BrNO/c1-5-7-20-17(15-6-8-21-18(15)19)11-16-13(3)9-12(2)10-14(16)4/h6,8-10,17,20H,5,7,11H2,1-4H3. The number of halogens is 1. The molecule has 0 amide bonds. The van der Waals surface area contributed by atoms with Crippen molar-refractivity contribution in [1.82, 2.24) is 5.32 Å². The zero-order valence-corrected chi connectivity index (χ0v) is 14.9. The van der Waals surface area contributed by atoms with Gasteiger partial charge in [-0.3, -0.25) is 0 Å². The molecule has 0 spiro atoms. The summed E-state index contributed by atoms with van der Waals surface area (Å²) in [4.78, 5) is 0. The van der Waals surface area contributed by atoms with Gasteiger partial charge in [0.15, 0.2) is 4.67 Å². The van der Waals surface area contributed by atoms with Gasteiger partial charge in [-0.2, -0.15) is 0 Å². The predicted molar refractivity (Wildman–Crippen MR) is 91.8 cm³/mol. The summed E-state index contributed by atoms with van der Waals surface area (Å²) in [5.41, 5.74) is 6.70. The summed E-state index contributed by atoms with van der Waals surface area (Å²) in [5, 5.41) is 3.64. The summed E-state index contributed by atoms with van der Waals surface area (Å²) in [6.07, 6.45) is 3.85. The lowest BCUT2D eigenvalue weighted by atomic mass is 9.92. The Morgan fingerprint density at radius 1 is 1.19 bits per heavy atom. The Labute approximate surface area is 136 Å². The van der Waals surface area contributed by atoms with Crippen molar-refractivity contribution in [3.63, 3.8) is 0 Å². The largest absolute Gasteiger partial charge is 0.457 e. The van der Waals surface area contributed by atoms with E-state index in [4.69, 9.17) is 4.42 Å². The van der Waals surface area contributed by atoms with E-state index in [0.29, 0.717) is 0 Å². The summed E-state index contributed by atoms with van der Waals surface area (Å²) in [7, 11) is 0. The lowest BCUT2D eigenvalue weighted by molar-refractivity contribution is 0.497. The van der Waals surface area contributed by atoms with Gasteiger partial charge in [-0.15, -0.1) is 0 Å². The molecular weight excluding hydrogens is 326 g/mol. The Hall–Kier alpha value is -1.06. The van der Waals surface area contributed by atoms with Gasteiger partial charge in [0, 0.05) is 11.6 Å². The second kappa shape index (κ2) is 7.28. The van der Waals surface area contributed by atoms with Crippen molar-refractivity contribution in [3.8, 4) is 0 Å². The van der Waals surface area contributed by atoms with Crippen LogP contribution in [-0.2, 0) is 6.42 Å². The SMILES string of the molecule is CCCNC(Cc1c(C)cc(C)cc1C)c1ccoc1Br. The Bertz CT molecular complexity index is 580. The highest BCUT2D eigenvalue weighted by Crippen LogP contribution is 2.29. The van der Waals surface area contributed by atoms with Gasteiger partial charge in [-0.05, 0) is 78.8 Å². The molecule has 1 unspecified atom stereocenters. The minimum Gasteiger partial charge on any atom is -0.457 e. The second-order valence-electron chi connectivity index (χ2n) is 5.74. The fraction of sp³-hybridized carbons (Fsp3) is 0.444. The normalized spacial score (nSPS) is 12.6. The van der Waals surface area contributed by atoms with Crippen molar-refractivity contribution in [2.75, 3.05) is 6.54 Å². The van der Waals surface area contributed by atoms with E-state index in [1.165, 1.54) is 27.8 Å². The fourth-order valence-corrected chi connectivity index (χ4v) is 3.42. The lowest BCUT2D eigenvalue weighted by Crippen LogP contribution is -2.24. The maximum Gasteiger partial charge on any atom is 0.173 e. The van der Waals surface area contributed by atoms with Crippen LogP contribution < -0.4 is 5.32 Å². The van der Waals surface area contributed by atoms with Gasteiger partial charge in [0.25, 0.3) is 0 Å². The van der Waals surface area contributed by atoms with Crippen molar-refractivity contribution >= 4 is 15.9 Å². The summed E-state index contributed by atoms with van der Waals surface area (Å²) < 4.78 is 6.25. The van der Waals surface area contributed by atoms with Crippen LogP contribution in [0.25, 0.3) is 0 Å². The first-order chi connectivity index (χ1) is 10.0. The highest BCUT2D eigenvalue weighted by Gasteiger charge is 2.18. The molecule has 21 heavy (non-hydrogen) atoms. The molecule has 0 aliphatic carbocycles. The molecule has 1 N–H and O–H groups in total. The van der Waals surface area contributed by atoms with Crippen LogP contribution in [0.1, 0.15) is 47.2 Å². The van der Waals surface area contributed by atoms with Gasteiger partial charge in [0.1, 0.15) is 0 Å². The van der Waals surface area contributed by atoms with E-state index in [-0.39, 0.29) is 6.04 Å². The molecule has 0 aliphatic heterocycles. The molecule has 1 atom stereocenters. The van der Waals surface area contributed by atoms with Crippen LogP contribution in [0.2, 0.25) is 0 Å². The predicted octanol–water partition coefficient (Wildman–Crippen LogP) is 5.25. The number of benzene rings is 1. The van der Waals surface area contributed by atoms with Crippen molar-refractivity contribution < 1.29 is 4.42 Å². The molecule has 0 fully saturated rings. The highest BCUT2D eigenvalue weighted by atomic mass is 79.9. The lowest BCUT2D eigenvalue weighted by Gasteiger charge is -2.21. The van der Waals surface area contributed by atoms with Gasteiger partial charge in [0.2, 0.25) is 0 Å². The maximum absolute atomic E-state index is 5.42. The average Bonchev–Trinajstić information content (AvgIpc) is 2.83. The van der Waals surface area contributed by atoms with E-state index in [0.717, 1.165) is 24.1 Å². The zero-order chi connectivity index (χ0) is 15.4. The topological polar surface area (TPSA) is 25.2 Å². The Morgan fingerprint density at radius 2 is 1.86 bits per heavy atom. The van der Waals surface area contributed by atoms with E-state index >= 15 is 0 Å². The van der Waals surface area contributed by atoms with Crippen LogP contribution >= 0.6 is 15.9 Å². The van der Waals surface area contributed by atoms with E-state index in [2.05, 4.69) is 67.1 Å². The number of rotatable bonds is 6. The fourth-order valence-electron chi connectivity index (χ4n) is 2.90.